The Bertz CT molecular complexity index is 734. The van der Waals surface area contributed by atoms with Gasteiger partial charge in [0.1, 0.15) is 0 Å². The van der Waals surface area contributed by atoms with E-state index in [-0.39, 0.29) is 5.41 Å². The summed E-state index contributed by atoms with van der Waals surface area (Å²) in [6.45, 7) is 0. The first-order valence-electron chi connectivity index (χ1n) is 8.19. The maximum Gasteiger partial charge on any atom is 0.169 e. The van der Waals surface area contributed by atoms with Crippen molar-refractivity contribution in [1.82, 2.24) is 9.97 Å². The molecule has 1 saturated carbocycles. The highest BCUT2D eigenvalue weighted by Gasteiger charge is 2.47. The number of ketones is 1. The molecule has 0 radical (unpaired) electrons. The molecule has 0 saturated heterocycles. The third-order valence-electron chi connectivity index (χ3n) is 5.45. The second-order valence-corrected chi connectivity index (χ2v) is 6.68. The maximum absolute atomic E-state index is 13.1. The molecule has 23 heavy (non-hydrogen) atoms. The van der Waals surface area contributed by atoms with Crippen LogP contribution in [-0.2, 0) is 11.2 Å². The van der Waals surface area contributed by atoms with E-state index >= 15 is 0 Å². The molecule has 4 rings (SSSR count). The maximum atomic E-state index is 13.1. The van der Waals surface area contributed by atoms with Crippen LogP contribution < -0.4 is 0 Å². The number of benzene rings is 1. The zero-order chi connectivity index (χ0) is 15.9. The van der Waals surface area contributed by atoms with E-state index in [0.717, 1.165) is 48.9 Å². The molecule has 0 amide bonds. The second kappa shape index (κ2) is 5.53. The molecule has 1 fully saturated rings. The summed E-state index contributed by atoms with van der Waals surface area (Å²) in [5.41, 5.74) is 3.64. The van der Waals surface area contributed by atoms with Crippen molar-refractivity contribution < 1.29 is 9.53 Å². The third-order valence-corrected chi connectivity index (χ3v) is 5.45. The number of carbonyl (C=O) groups is 1. The fourth-order valence-electron chi connectivity index (χ4n) is 4.06. The topological polar surface area (TPSA) is 52.1 Å². The first kappa shape index (κ1) is 14.5. The van der Waals surface area contributed by atoms with E-state index in [1.54, 1.807) is 25.7 Å². The van der Waals surface area contributed by atoms with Crippen LogP contribution in [0.2, 0.25) is 0 Å². The summed E-state index contributed by atoms with van der Waals surface area (Å²) in [4.78, 5) is 21.5. The summed E-state index contributed by atoms with van der Waals surface area (Å²) >= 11 is 0. The monoisotopic (exact) mass is 308 g/mol. The first-order valence-corrected chi connectivity index (χ1v) is 8.19. The Morgan fingerprint density at radius 3 is 2.74 bits per heavy atom. The highest BCUT2D eigenvalue weighted by Crippen LogP contribution is 2.48. The molecule has 1 aromatic heterocycles. The van der Waals surface area contributed by atoms with Crippen molar-refractivity contribution in [1.29, 1.82) is 0 Å². The fraction of sp³-hybridized carbons (Fsp3) is 0.421. The van der Waals surface area contributed by atoms with E-state index in [4.69, 9.17) is 4.74 Å². The van der Waals surface area contributed by atoms with Crippen molar-refractivity contribution in [2.75, 3.05) is 7.11 Å². The molecule has 2 aromatic rings. The lowest BCUT2D eigenvalue weighted by atomic mass is 9.70. The van der Waals surface area contributed by atoms with Crippen molar-refractivity contribution in [2.45, 2.75) is 38.2 Å². The van der Waals surface area contributed by atoms with Crippen LogP contribution in [0.4, 0.5) is 0 Å². The van der Waals surface area contributed by atoms with Crippen molar-refractivity contribution in [3.63, 3.8) is 0 Å². The lowest BCUT2D eigenvalue weighted by molar-refractivity contribution is 0.0285. The highest BCUT2D eigenvalue weighted by atomic mass is 16.5. The molecule has 2 aliphatic carbocycles. The van der Waals surface area contributed by atoms with Crippen LogP contribution in [0.15, 0.2) is 36.8 Å². The van der Waals surface area contributed by atoms with Gasteiger partial charge in [-0.15, -0.1) is 0 Å². The summed E-state index contributed by atoms with van der Waals surface area (Å²) in [5.74, 6) is 0.313. The molecule has 4 nitrogen and oxygen atoms in total. The number of hydrogen-bond acceptors (Lipinski definition) is 4. The van der Waals surface area contributed by atoms with Crippen LogP contribution in [0.3, 0.4) is 0 Å². The van der Waals surface area contributed by atoms with Crippen LogP contribution >= 0.6 is 0 Å². The number of hydrogen-bond donors (Lipinski definition) is 0. The van der Waals surface area contributed by atoms with Crippen molar-refractivity contribution >= 4 is 5.78 Å². The zero-order valence-electron chi connectivity index (χ0n) is 13.3. The van der Waals surface area contributed by atoms with Gasteiger partial charge in [0.05, 0.1) is 18.0 Å². The molecular weight excluding hydrogens is 288 g/mol. The lowest BCUT2D eigenvalue weighted by Gasteiger charge is -2.35. The molecule has 1 heterocycles. The summed E-state index contributed by atoms with van der Waals surface area (Å²) < 4.78 is 5.46. The molecule has 0 unspecified atom stereocenters. The number of nitrogens with zero attached hydrogens (tertiary/aromatic N) is 2. The van der Waals surface area contributed by atoms with E-state index in [2.05, 4.69) is 22.1 Å². The molecule has 2 aliphatic rings. The van der Waals surface area contributed by atoms with Crippen LogP contribution in [0, 0.1) is 5.41 Å². The minimum atomic E-state index is -0.196. The van der Waals surface area contributed by atoms with Gasteiger partial charge in [-0.25, -0.2) is 0 Å². The van der Waals surface area contributed by atoms with E-state index < -0.39 is 0 Å². The fourth-order valence-corrected chi connectivity index (χ4v) is 4.06. The number of methoxy groups -OCH3 is 1. The van der Waals surface area contributed by atoms with Gasteiger partial charge in [0.25, 0.3) is 0 Å². The van der Waals surface area contributed by atoms with Gasteiger partial charge in [0.2, 0.25) is 0 Å². The van der Waals surface area contributed by atoms with Crippen LogP contribution in [0.5, 0.6) is 0 Å². The van der Waals surface area contributed by atoms with Gasteiger partial charge in [-0.1, -0.05) is 12.1 Å². The van der Waals surface area contributed by atoms with Gasteiger partial charge >= 0.3 is 0 Å². The normalized spacial score (nSPS) is 26.5. The number of rotatable bonds is 2. The predicted octanol–water partition coefficient (Wildman–Crippen LogP) is 3.46. The SMILES string of the molecule is COC1CCC2(CC1)Cc1ccc(-c3cnccn3)cc1C2=O. The van der Waals surface area contributed by atoms with Crippen LogP contribution in [-0.4, -0.2) is 29.0 Å². The molecule has 0 bridgehead atoms. The number of Topliss-reactive ketones (excluding diaryl/α,β-unsaturated/α-hetero) is 1. The molecule has 1 aromatic carbocycles. The number of aromatic nitrogens is 2. The van der Waals surface area contributed by atoms with E-state index in [1.807, 2.05) is 6.07 Å². The number of fused-ring (bicyclic) bond motifs is 1. The van der Waals surface area contributed by atoms with Crippen molar-refractivity contribution in [3.8, 4) is 11.3 Å². The van der Waals surface area contributed by atoms with Gasteiger partial charge in [-0.05, 0) is 43.7 Å². The van der Waals surface area contributed by atoms with Gasteiger partial charge in [0, 0.05) is 36.0 Å². The van der Waals surface area contributed by atoms with Crippen molar-refractivity contribution in [2.24, 2.45) is 5.41 Å². The highest BCUT2D eigenvalue weighted by molar-refractivity contribution is 6.05. The molecule has 1 spiro atoms. The van der Waals surface area contributed by atoms with E-state index in [9.17, 15) is 4.79 Å². The van der Waals surface area contributed by atoms with Gasteiger partial charge < -0.3 is 4.74 Å². The summed E-state index contributed by atoms with van der Waals surface area (Å²) in [6.07, 6.45) is 10.1. The Hall–Kier alpha value is -2.07. The molecular formula is C19H20N2O2. The Labute approximate surface area is 135 Å². The molecule has 118 valence electrons. The van der Waals surface area contributed by atoms with E-state index in [1.165, 1.54) is 5.56 Å². The Morgan fingerprint density at radius 2 is 2.04 bits per heavy atom. The van der Waals surface area contributed by atoms with E-state index in [0.29, 0.717) is 11.9 Å². The second-order valence-electron chi connectivity index (χ2n) is 6.68. The minimum absolute atomic E-state index is 0.196. The smallest absolute Gasteiger partial charge is 0.169 e. The average molecular weight is 308 g/mol. The minimum Gasteiger partial charge on any atom is -0.381 e. The van der Waals surface area contributed by atoms with Crippen LogP contribution in [0.1, 0.15) is 41.6 Å². The zero-order valence-corrected chi connectivity index (χ0v) is 13.3. The molecule has 4 heteroatoms. The van der Waals surface area contributed by atoms with Gasteiger partial charge in [-0.3, -0.25) is 14.8 Å². The van der Waals surface area contributed by atoms with Crippen molar-refractivity contribution in [3.05, 3.63) is 47.9 Å². The quantitative estimate of drug-likeness (QED) is 0.852. The average Bonchev–Trinajstić information content (AvgIpc) is 2.88. The van der Waals surface area contributed by atoms with Crippen LogP contribution in [0.25, 0.3) is 11.3 Å². The number of carbonyl (C=O) groups excluding carboxylic acids is 1. The largest absolute Gasteiger partial charge is 0.381 e. The first-order chi connectivity index (χ1) is 11.2. The van der Waals surface area contributed by atoms with Gasteiger partial charge in [0.15, 0.2) is 5.78 Å². The summed E-state index contributed by atoms with van der Waals surface area (Å²) in [7, 11) is 1.76. The molecule has 0 N–H and O–H groups in total. The molecule has 0 aliphatic heterocycles. The lowest BCUT2D eigenvalue weighted by Crippen LogP contribution is -2.35. The predicted molar refractivity (Wildman–Crippen MR) is 87.2 cm³/mol. The van der Waals surface area contributed by atoms with Gasteiger partial charge in [-0.2, -0.15) is 0 Å². The Kier molecular flexibility index (Phi) is 3.49. The molecule has 0 atom stereocenters. The standard InChI is InChI=1S/C19H20N2O2/c1-23-15-4-6-19(7-5-15)11-14-3-2-13(10-16(14)18(19)22)17-12-20-8-9-21-17/h2-3,8-10,12,15H,4-7,11H2,1H3. The third kappa shape index (κ3) is 2.38. The summed E-state index contributed by atoms with van der Waals surface area (Å²) in [5, 5.41) is 0. The number of ether oxygens (including phenoxy) is 1. The summed E-state index contributed by atoms with van der Waals surface area (Å²) in [6, 6.07) is 6.14. The Morgan fingerprint density at radius 1 is 1.22 bits per heavy atom. The Balaban J connectivity index is 1.65.